The van der Waals surface area contributed by atoms with Crippen LogP contribution in [0.3, 0.4) is 0 Å². The molecule has 0 saturated heterocycles. The number of amides is 1. The van der Waals surface area contributed by atoms with E-state index in [2.05, 4.69) is 0 Å². The van der Waals surface area contributed by atoms with Crippen molar-refractivity contribution in [3.05, 3.63) is 89.4 Å². The van der Waals surface area contributed by atoms with E-state index in [-0.39, 0.29) is 18.0 Å². The third-order valence-electron chi connectivity index (χ3n) is 5.50. The highest BCUT2D eigenvalue weighted by molar-refractivity contribution is 7.89. The van der Waals surface area contributed by atoms with Crippen molar-refractivity contribution in [3.63, 3.8) is 0 Å². The second kappa shape index (κ2) is 10.5. The molecule has 0 spiro atoms. The van der Waals surface area contributed by atoms with Gasteiger partial charge in [-0.05, 0) is 42.0 Å². The summed E-state index contributed by atoms with van der Waals surface area (Å²) in [7, 11) is -2.82. The molecule has 4 rings (SSSR count). The summed E-state index contributed by atoms with van der Waals surface area (Å²) in [6, 6.07) is 21.5. The Morgan fingerprint density at radius 1 is 1.03 bits per heavy atom. The first kappa shape index (κ1) is 24.7. The van der Waals surface area contributed by atoms with Crippen LogP contribution < -0.4 is 9.64 Å². The number of para-hydroxylation sites is 2. The summed E-state index contributed by atoms with van der Waals surface area (Å²) >= 11 is 5.94. The van der Waals surface area contributed by atoms with Gasteiger partial charge in [0.2, 0.25) is 22.0 Å². The molecule has 0 N–H and O–H groups in total. The topological polar surface area (TPSA) is 93.2 Å². The van der Waals surface area contributed by atoms with E-state index in [4.69, 9.17) is 21.1 Å². The van der Waals surface area contributed by atoms with E-state index >= 15 is 0 Å². The van der Waals surface area contributed by atoms with Gasteiger partial charge in [0.1, 0.15) is 5.75 Å². The number of esters is 1. The largest absolute Gasteiger partial charge is 0.475 e. The monoisotopic (exact) mass is 514 g/mol. The van der Waals surface area contributed by atoms with Crippen LogP contribution in [0.4, 0.5) is 5.69 Å². The Morgan fingerprint density at radius 3 is 2.37 bits per heavy atom. The number of carbonyl (C=O) groups is 2. The molecule has 0 aromatic heterocycles. The van der Waals surface area contributed by atoms with E-state index in [9.17, 15) is 18.0 Å². The van der Waals surface area contributed by atoms with Crippen LogP contribution in [0.25, 0.3) is 0 Å². The lowest BCUT2D eigenvalue weighted by Gasteiger charge is -2.34. The molecule has 0 unspecified atom stereocenters. The van der Waals surface area contributed by atoms with Crippen LogP contribution in [-0.4, -0.2) is 50.9 Å². The molecule has 3 aromatic rings. The van der Waals surface area contributed by atoms with Crippen molar-refractivity contribution in [2.24, 2.45) is 0 Å². The molecular weight excluding hydrogens is 492 g/mol. The molecule has 1 aliphatic rings. The molecule has 182 valence electrons. The summed E-state index contributed by atoms with van der Waals surface area (Å²) in [5.74, 6) is -0.812. The van der Waals surface area contributed by atoms with Crippen LogP contribution in [0.1, 0.15) is 5.56 Å². The summed E-state index contributed by atoms with van der Waals surface area (Å²) in [5, 5.41) is 0.397. The van der Waals surface area contributed by atoms with Gasteiger partial charge in [-0.2, -0.15) is 4.31 Å². The Hall–Kier alpha value is -3.40. The van der Waals surface area contributed by atoms with Gasteiger partial charge in [-0.1, -0.05) is 54.1 Å². The molecule has 0 radical (unpaired) electrons. The average molecular weight is 515 g/mol. The lowest BCUT2D eigenvalue weighted by molar-refractivity contribution is -0.148. The van der Waals surface area contributed by atoms with Crippen molar-refractivity contribution in [3.8, 4) is 5.75 Å². The van der Waals surface area contributed by atoms with Gasteiger partial charge < -0.3 is 14.4 Å². The Balaban J connectivity index is 1.67. The van der Waals surface area contributed by atoms with Crippen molar-refractivity contribution in [1.29, 1.82) is 0 Å². The molecule has 0 fully saturated rings. The number of sulfonamides is 1. The third-order valence-corrected chi connectivity index (χ3v) is 7.56. The van der Waals surface area contributed by atoms with Gasteiger partial charge >= 0.3 is 5.97 Å². The van der Waals surface area contributed by atoms with E-state index in [0.717, 1.165) is 4.31 Å². The molecule has 0 bridgehead atoms. The SMILES string of the molecule is COC(=O)[C@H]1CN(C(=O)CN(Cc2ccccc2)S(=O)(=O)c2ccc(Cl)cc2)c2ccccc2O1. The Morgan fingerprint density at radius 2 is 1.69 bits per heavy atom. The maximum absolute atomic E-state index is 13.5. The number of hydrogen-bond donors (Lipinski definition) is 0. The van der Waals surface area contributed by atoms with Gasteiger partial charge in [-0.15, -0.1) is 0 Å². The van der Waals surface area contributed by atoms with Gasteiger partial charge in [-0.25, -0.2) is 13.2 Å². The summed E-state index contributed by atoms with van der Waals surface area (Å²) in [5.41, 5.74) is 1.16. The minimum absolute atomic E-state index is 0.0143. The van der Waals surface area contributed by atoms with Gasteiger partial charge in [0, 0.05) is 11.6 Å². The molecule has 3 aromatic carbocycles. The molecular formula is C25H23ClN2O6S. The molecule has 8 nitrogen and oxygen atoms in total. The highest BCUT2D eigenvalue weighted by Gasteiger charge is 2.36. The van der Waals surface area contributed by atoms with Gasteiger partial charge in [0.25, 0.3) is 0 Å². The highest BCUT2D eigenvalue weighted by atomic mass is 35.5. The Labute approximate surface area is 208 Å². The maximum Gasteiger partial charge on any atom is 0.348 e. The van der Waals surface area contributed by atoms with Crippen LogP contribution in [0, 0.1) is 0 Å². The molecule has 1 amide bonds. The van der Waals surface area contributed by atoms with Gasteiger partial charge in [-0.3, -0.25) is 4.79 Å². The van der Waals surface area contributed by atoms with Crippen LogP contribution in [0.2, 0.25) is 5.02 Å². The summed E-state index contributed by atoms with van der Waals surface area (Å²) in [6.45, 7) is -0.589. The predicted octanol–water partition coefficient (Wildman–Crippen LogP) is 3.50. The average Bonchev–Trinajstić information content (AvgIpc) is 2.88. The predicted molar refractivity (Wildman–Crippen MR) is 131 cm³/mol. The number of anilines is 1. The number of rotatable bonds is 7. The van der Waals surface area contributed by atoms with Gasteiger partial charge in [0.05, 0.1) is 30.8 Å². The highest BCUT2D eigenvalue weighted by Crippen LogP contribution is 2.34. The standard InChI is InChI=1S/C25H23ClN2O6S/c1-33-25(30)23-16-28(21-9-5-6-10-22(21)34-23)24(29)17-27(15-18-7-3-2-4-8-18)35(31,32)20-13-11-19(26)12-14-20/h2-14,23H,15-17H2,1H3/t23-/m1/s1. The molecule has 35 heavy (non-hydrogen) atoms. The van der Waals surface area contributed by atoms with E-state index in [0.29, 0.717) is 22.0 Å². The third kappa shape index (κ3) is 5.48. The zero-order chi connectivity index (χ0) is 25.0. The van der Waals surface area contributed by atoms with Crippen molar-refractivity contribution in [1.82, 2.24) is 4.31 Å². The minimum atomic E-state index is -4.06. The number of fused-ring (bicyclic) bond motifs is 1. The van der Waals surface area contributed by atoms with Crippen molar-refractivity contribution in [2.45, 2.75) is 17.5 Å². The number of methoxy groups -OCH3 is 1. The zero-order valence-electron chi connectivity index (χ0n) is 18.8. The Bertz CT molecular complexity index is 1320. The second-order valence-electron chi connectivity index (χ2n) is 7.81. The fraction of sp³-hybridized carbons (Fsp3) is 0.200. The summed E-state index contributed by atoms with van der Waals surface area (Å²) in [4.78, 5) is 27.1. The molecule has 1 heterocycles. The van der Waals surface area contributed by atoms with Crippen LogP contribution >= 0.6 is 11.6 Å². The molecule has 1 atom stereocenters. The number of carbonyl (C=O) groups excluding carboxylic acids is 2. The molecule has 10 heteroatoms. The van der Waals surface area contributed by atoms with Crippen molar-refractivity contribution in [2.75, 3.05) is 25.1 Å². The fourth-order valence-electron chi connectivity index (χ4n) is 3.73. The number of ether oxygens (including phenoxy) is 2. The zero-order valence-corrected chi connectivity index (χ0v) is 20.4. The number of halogens is 1. The smallest absolute Gasteiger partial charge is 0.348 e. The van der Waals surface area contributed by atoms with Crippen LogP contribution in [-0.2, 0) is 30.9 Å². The molecule has 0 aliphatic carbocycles. The lowest BCUT2D eigenvalue weighted by atomic mass is 10.2. The van der Waals surface area contributed by atoms with E-state index in [1.165, 1.54) is 36.3 Å². The van der Waals surface area contributed by atoms with E-state index in [1.807, 2.05) is 6.07 Å². The maximum atomic E-state index is 13.5. The first-order chi connectivity index (χ1) is 16.8. The minimum Gasteiger partial charge on any atom is -0.475 e. The number of hydrogen-bond acceptors (Lipinski definition) is 6. The Kier molecular flexibility index (Phi) is 7.39. The first-order valence-electron chi connectivity index (χ1n) is 10.7. The second-order valence-corrected chi connectivity index (χ2v) is 10.2. The summed E-state index contributed by atoms with van der Waals surface area (Å²) < 4.78 is 38.7. The fourth-order valence-corrected chi connectivity index (χ4v) is 5.23. The first-order valence-corrected chi connectivity index (χ1v) is 12.5. The van der Waals surface area contributed by atoms with E-state index in [1.54, 1.807) is 48.5 Å². The number of nitrogens with zero attached hydrogens (tertiary/aromatic N) is 2. The number of benzene rings is 3. The summed E-state index contributed by atoms with van der Waals surface area (Å²) in [6.07, 6.45) is -1.03. The van der Waals surface area contributed by atoms with Gasteiger partial charge in [0.15, 0.2) is 0 Å². The van der Waals surface area contributed by atoms with Crippen molar-refractivity contribution >= 4 is 39.2 Å². The van der Waals surface area contributed by atoms with E-state index < -0.39 is 34.5 Å². The quantitative estimate of drug-likeness (QED) is 0.448. The molecule has 0 saturated carbocycles. The normalized spacial score (nSPS) is 15.3. The van der Waals surface area contributed by atoms with Crippen LogP contribution in [0.5, 0.6) is 5.75 Å². The van der Waals surface area contributed by atoms with Crippen molar-refractivity contribution < 1.29 is 27.5 Å². The van der Waals surface area contributed by atoms with Crippen LogP contribution in [0.15, 0.2) is 83.8 Å². The molecule has 1 aliphatic heterocycles. The lowest BCUT2D eigenvalue weighted by Crippen LogP contribution is -2.50.